The fourth-order valence-electron chi connectivity index (χ4n) is 2.49. The number of thioether (sulfide) groups is 1. The number of rotatable bonds is 3. The van der Waals surface area contributed by atoms with Crippen LogP contribution in [-0.2, 0) is 12.3 Å². The Bertz CT molecular complexity index is 628. The van der Waals surface area contributed by atoms with Gasteiger partial charge in [0.1, 0.15) is 0 Å². The third-order valence-electron chi connectivity index (χ3n) is 3.61. The first-order valence-electron chi connectivity index (χ1n) is 6.75. The number of hydrogen-bond donors (Lipinski definition) is 1. The predicted octanol–water partition coefficient (Wildman–Crippen LogP) is 3.64. The Labute approximate surface area is 123 Å². The van der Waals surface area contributed by atoms with Gasteiger partial charge in [-0.15, -0.1) is 0 Å². The molecule has 0 bridgehead atoms. The number of fused-ring (bicyclic) bond motifs is 1. The van der Waals surface area contributed by atoms with E-state index < -0.39 is 0 Å². The van der Waals surface area contributed by atoms with Crippen molar-refractivity contribution in [1.82, 2.24) is 5.32 Å². The molecule has 1 unspecified atom stereocenters. The van der Waals surface area contributed by atoms with Gasteiger partial charge in [-0.2, -0.15) is 17.0 Å². The second-order valence-electron chi connectivity index (χ2n) is 4.96. The van der Waals surface area contributed by atoms with Crippen molar-refractivity contribution in [2.45, 2.75) is 18.3 Å². The van der Waals surface area contributed by atoms with Gasteiger partial charge < -0.3 is 5.32 Å². The maximum Gasteiger partial charge on any atom is 0.0991 e. The van der Waals surface area contributed by atoms with E-state index in [4.69, 9.17) is 5.26 Å². The number of nitriles is 1. The first-order valence-corrected chi connectivity index (χ1v) is 7.90. The summed E-state index contributed by atoms with van der Waals surface area (Å²) in [5.41, 5.74) is 4.81. The second-order valence-corrected chi connectivity index (χ2v) is 5.99. The van der Waals surface area contributed by atoms with Gasteiger partial charge in [-0.1, -0.05) is 36.4 Å². The van der Waals surface area contributed by atoms with Gasteiger partial charge in [-0.3, -0.25) is 0 Å². The third kappa shape index (κ3) is 2.87. The van der Waals surface area contributed by atoms with Crippen molar-refractivity contribution in [3.05, 3.63) is 70.8 Å². The predicted molar refractivity (Wildman–Crippen MR) is 83.3 cm³/mol. The molecule has 3 rings (SSSR count). The fraction of sp³-hybridized carbons (Fsp3) is 0.235. The molecule has 0 aliphatic carbocycles. The summed E-state index contributed by atoms with van der Waals surface area (Å²) in [6, 6.07) is 19.0. The summed E-state index contributed by atoms with van der Waals surface area (Å²) in [5, 5.41) is 12.4. The van der Waals surface area contributed by atoms with Crippen LogP contribution in [0.25, 0.3) is 0 Å². The maximum atomic E-state index is 8.80. The van der Waals surface area contributed by atoms with Crippen LogP contribution in [0.15, 0.2) is 48.5 Å². The number of nitrogens with zero attached hydrogens (tertiary/aromatic N) is 1. The first-order chi connectivity index (χ1) is 9.86. The first kappa shape index (κ1) is 13.2. The van der Waals surface area contributed by atoms with E-state index in [9.17, 15) is 0 Å². The van der Waals surface area contributed by atoms with Crippen LogP contribution in [0.5, 0.6) is 0 Å². The Morgan fingerprint density at radius 2 is 1.95 bits per heavy atom. The minimum absolute atomic E-state index is 0.417. The van der Waals surface area contributed by atoms with E-state index in [1.807, 2.05) is 36.0 Å². The van der Waals surface area contributed by atoms with Gasteiger partial charge >= 0.3 is 0 Å². The Kier molecular flexibility index (Phi) is 4.05. The summed E-state index contributed by atoms with van der Waals surface area (Å²) in [7, 11) is 0. The highest BCUT2D eigenvalue weighted by atomic mass is 32.2. The quantitative estimate of drug-likeness (QED) is 0.932. The molecule has 20 heavy (non-hydrogen) atoms. The average molecular weight is 280 g/mol. The summed E-state index contributed by atoms with van der Waals surface area (Å²) in [4.78, 5) is 0. The molecule has 2 aromatic rings. The monoisotopic (exact) mass is 280 g/mol. The van der Waals surface area contributed by atoms with Crippen LogP contribution in [0.3, 0.4) is 0 Å². The molecular weight excluding hydrogens is 264 g/mol. The molecule has 0 aromatic heterocycles. The van der Waals surface area contributed by atoms with Crippen molar-refractivity contribution in [2.24, 2.45) is 0 Å². The SMILES string of the molecule is N#Cc1ccc(CNC2CSCc3ccccc32)cc1. The van der Waals surface area contributed by atoms with E-state index in [2.05, 4.69) is 35.7 Å². The minimum Gasteiger partial charge on any atom is -0.305 e. The van der Waals surface area contributed by atoms with Crippen LogP contribution < -0.4 is 5.32 Å². The normalized spacial score (nSPS) is 17.2. The zero-order valence-electron chi connectivity index (χ0n) is 11.2. The highest BCUT2D eigenvalue weighted by Gasteiger charge is 2.19. The van der Waals surface area contributed by atoms with Gasteiger partial charge in [0, 0.05) is 24.1 Å². The molecule has 1 atom stereocenters. The standard InChI is InChI=1S/C17H16N2S/c18-9-13-5-7-14(8-6-13)10-19-17-12-20-11-15-3-1-2-4-16(15)17/h1-8,17,19H,10-12H2. The highest BCUT2D eigenvalue weighted by molar-refractivity contribution is 7.98. The molecule has 2 nitrogen and oxygen atoms in total. The summed E-state index contributed by atoms with van der Waals surface area (Å²) in [6.45, 7) is 0.839. The van der Waals surface area contributed by atoms with E-state index in [-0.39, 0.29) is 0 Å². The largest absolute Gasteiger partial charge is 0.305 e. The summed E-state index contributed by atoms with van der Waals surface area (Å²) in [6.07, 6.45) is 0. The van der Waals surface area contributed by atoms with E-state index in [0.29, 0.717) is 11.6 Å². The summed E-state index contributed by atoms with van der Waals surface area (Å²) in [5.74, 6) is 2.23. The Morgan fingerprint density at radius 1 is 1.15 bits per heavy atom. The molecule has 0 radical (unpaired) electrons. The molecule has 1 aliphatic rings. The van der Waals surface area contributed by atoms with Crippen LogP contribution in [0.1, 0.15) is 28.3 Å². The van der Waals surface area contributed by atoms with Gasteiger partial charge in [0.15, 0.2) is 0 Å². The maximum absolute atomic E-state index is 8.80. The molecule has 1 N–H and O–H groups in total. The Balaban J connectivity index is 1.68. The molecule has 1 aliphatic heterocycles. The lowest BCUT2D eigenvalue weighted by Gasteiger charge is -2.26. The van der Waals surface area contributed by atoms with E-state index in [1.165, 1.54) is 16.7 Å². The van der Waals surface area contributed by atoms with Gasteiger partial charge in [0.05, 0.1) is 11.6 Å². The van der Waals surface area contributed by atoms with Gasteiger partial charge in [0.25, 0.3) is 0 Å². The van der Waals surface area contributed by atoms with Crippen molar-refractivity contribution in [1.29, 1.82) is 5.26 Å². The zero-order chi connectivity index (χ0) is 13.8. The summed E-state index contributed by atoms with van der Waals surface area (Å²) < 4.78 is 0. The van der Waals surface area contributed by atoms with Gasteiger partial charge in [0.2, 0.25) is 0 Å². The van der Waals surface area contributed by atoms with Crippen molar-refractivity contribution in [2.75, 3.05) is 5.75 Å². The molecular formula is C17H16N2S. The molecule has 0 amide bonds. The van der Waals surface area contributed by atoms with Crippen LogP contribution >= 0.6 is 11.8 Å². The molecule has 3 heteroatoms. The zero-order valence-corrected chi connectivity index (χ0v) is 12.0. The molecule has 1 heterocycles. The van der Waals surface area contributed by atoms with Crippen LogP contribution in [0.4, 0.5) is 0 Å². The highest BCUT2D eigenvalue weighted by Crippen LogP contribution is 2.31. The third-order valence-corrected chi connectivity index (χ3v) is 4.69. The van der Waals surface area contributed by atoms with Crippen molar-refractivity contribution < 1.29 is 0 Å². The van der Waals surface area contributed by atoms with E-state index in [1.54, 1.807) is 0 Å². The topological polar surface area (TPSA) is 35.8 Å². The lowest BCUT2D eigenvalue weighted by Crippen LogP contribution is -2.26. The molecule has 100 valence electrons. The average Bonchev–Trinajstić information content (AvgIpc) is 2.53. The lowest BCUT2D eigenvalue weighted by molar-refractivity contribution is 0.575. The van der Waals surface area contributed by atoms with Crippen LogP contribution in [0, 0.1) is 11.3 Å². The fourth-order valence-corrected chi connectivity index (χ4v) is 3.62. The summed E-state index contributed by atoms with van der Waals surface area (Å²) >= 11 is 1.98. The van der Waals surface area contributed by atoms with E-state index >= 15 is 0 Å². The minimum atomic E-state index is 0.417. The van der Waals surface area contributed by atoms with E-state index in [0.717, 1.165) is 18.1 Å². The number of benzene rings is 2. The molecule has 0 saturated heterocycles. The Hall–Kier alpha value is -1.76. The van der Waals surface area contributed by atoms with Crippen molar-refractivity contribution >= 4 is 11.8 Å². The molecule has 2 aromatic carbocycles. The number of hydrogen-bond acceptors (Lipinski definition) is 3. The number of nitrogens with one attached hydrogen (secondary N) is 1. The van der Waals surface area contributed by atoms with Gasteiger partial charge in [-0.05, 0) is 28.8 Å². The van der Waals surface area contributed by atoms with Crippen molar-refractivity contribution in [3.8, 4) is 6.07 Å². The van der Waals surface area contributed by atoms with Crippen LogP contribution in [-0.4, -0.2) is 5.75 Å². The Morgan fingerprint density at radius 3 is 2.75 bits per heavy atom. The smallest absolute Gasteiger partial charge is 0.0991 e. The van der Waals surface area contributed by atoms with Gasteiger partial charge in [-0.25, -0.2) is 0 Å². The lowest BCUT2D eigenvalue weighted by atomic mass is 10.0. The van der Waals surface area contributed by atoms with Crippen LogP contribution in [0.2, 0.25) is 0 Å². The van der Waals surface area contributed by atoms with Crippen molar-refractivity contribution in [3.63, 3.8) is 0 Å². The second kappa shape index (κ2) is 6.13. The molecule has 0 spiro atoms. The molecule has 0 fully saturated rings. The molecule has 0 saturated carbocycles.